The summed E-state index contributed by atoms with van der Waals surface area (Å²) in [6.07, 6.45) is 6.16. The van der Waals surface area contributed by atoms with E-state index in [9.17, 15) is 5.11 Å². The molecule has 0 saturated heterocycles. The first-order valence-electron chi connectivity index (χ1n) is 7.04. The summed E-state index contributed by atoms with van der Waals surface area (Å²) < 4.78 is 1.02. The summed E-state index contributed by atoms with van der Waals surface area (Å²) >= 11 is 3.58. The molecule has 1 saturated carbocycles. The molecule has 0 bridgehead atoms. The zero-order valence-electron chi connectivity index (χ0n) is 11.3. The Balaban J connectivity index is 2.31. The van der Waals surface area contributed by atoms with Crippen LogP contribution in [0.15, 0.2) is 28.7 Å². The first kappa shape index (κ1) is 14.1. The minimum atomic E-state index is -0.721. The largest absolute Gasteiger partial charge is 0.385 e. The summed E-state index contributed by atoms with van der Waals surface area (Å²) in [6.45, 7) is 4.24. The van der Waals surface area contributed by atoms with Gasteiger partial charge in [-0.1, -0.05) is 66.7 Å². The molecule has 3 atom stereocenters. The van der Waals surface area contributed by atoms with E-state index >= 15 is 0 Å². The molecule has 1 N–H and O–H groups in total. The number of rotatable bonds is 3. The Morgan fingerprint density at radius 2 is 1.94 bits per heavy atom. The lowest BCUT2D eigenvalue weighted by molar-refractivity contribution is -0.0494. The maximum atomic E-state index is 11.1. The Morgan fingerprint density at radius 3 is 2.61 bits per heavy atom. The predicted octanol–water partition coefficient (Wildman–Crippen LogP) is 4.87. The highest BCUT2D eigenvalue weighted by atomic mass is 79.9. The Labute approximate surface area is 119 Å². The minimum absolute atomic E-state index is 0.384. The molecule has 2 rings (SSSR count). The van der Waals surface area contributed by atoms with Gasteiger partial charge in [-0.05, 0) is 36.8 Å². The fourth-order valence-electron chi connectivity index (χ4n) is 3.51. The Hall–Kier alpha value is -0.340. The lowest BCUT2D eigenvalue weighted by Gasteiger charge is -2.41. The molecule has 1 aromatic carbocycles. The first-order chi connectivity index (χ1) is 8.57. The van der Waals surface area contributed by atoms with Crippen LogP contribution in [0, 0.1) is 11.8 Å². The lowest BCUT2D eigenvalue weighted by Crippen LogP contribution is -2.38. The van der Waals surface area contributed by atoms with E-state index in [4.69, 9.17) is 0 Å². The third-order valence-corrected chi connectivity index (χ3v) is 5.27. The van der Waals surface area contributed by atoms with Crippen LogP contribution in [0.1, 0.15) is 51.5 Å². The first-order valence-corrected chi connectivity index (χ1v) is 7.84. The molecule has 100 valence electrons. The van der Waals surface area contributed by atoms with E-state index in [0.29, 0.717) is 11.8 Å². The SMILES string of the molecule is CCC1CCCCC1C(C)(O)c1ccccc1Br. The summed E-state index contributed by atoms with van der Waals surface area (Å²) in [6, 6.07) is 8.08. The van der Waals surface area contributed by atoms with Crippen LogP contribution in [0.5, 0.6) is 0 Å². The van der Waals surface area contributed by atoms with Crippen LogP contribution in [0.2, 0.25) is 0 Å². The van der Waals surface area contributed by atoms with Crippen LogP contribution in [0.3, 0.4) is 0 Å². The highest BCUT2D eigenvalue weighted by Crippen LogP contribution is 2.45. The minimum Gasteiger partial charge on any atom is -0.385 e. The normalized spacial score (nSPS) is 27.8. The quantitative estimate of drug-likeness (QED) is 0.844. The van der Waals surface area contributed by atoms with Crippen molar-refractivity contribution < 1.29 is 5.11 Å². The van der Waals surface area contributed by atoms with Gasteiger partial charge in [-0.15, -0.1) is 0 Å². The smallest absolute Gasteiger partial charge is 0.0910 e. The van der Waals surface area contributed by atoms with Crippen molar-refractivity contribution in [1.82, 2.24) is 0 Å². The third kappa shape index (κ3) is 2.65. The summed E-state index contributed by atoms with van der Waals surface area (Å²) in [5.41, 5.74) is 0.316. The van der Waals surface area contributed by atoms with E-state index in [0.717, 1.165) is 16.5 Å². The summed E-state index contributed by atoms with van der Waals surface area (Å²) in [4.78, 5) is 0. The summed E-state index contributed by atoms with van der Waals surface area (Å²) in [7, 11) is 0. The molecule has 18 heavy (non-hydrogen) atoms. The molecule has 0 aliphatic heterocycles. The van der Waals surface area contributed by atoms with Crippen molar-refractivity contribution in [2.45, 2.75) is 51.6 Å². The van der Waals surface area contributed by atoms with E-state index in [1.54, 1.807) is 0 Å². The molecule has 1 aliphatic carbocycles. The van der Waals surface area contributed by atoms with Gasteiger partial charge < -0.3 is 5.11 Å². The average Bonchev–Trinajstić information content (AvgIpc) is 2.39. The molecular weight excluding hydrogens is 288 g/mol. The molecule has 1 aromatic rings. The van der Waals surface area contributed by atoms with E-state index in [2.05, 4.69) is 22.9 Å². The van der Waals surface area contributed by atoms with Gasteiger partial charge in [0, 0.05) is 4.47 Å². The number of halogens is 1. The van der Waals surface area contributed by atoms with Crippen LogP contribution >= 0.6 is 15.9 Å². The van der Waals surface area contributed by atoms with Gasteiger partial charge in [-0.3, -0.25) is 0 Å². The maximum absolute atomic E-state index is 11.1. The second-order valence-corrected chi connectivity index (χ2v) is 6.54. The van der Waals surface area contributed by atoms with Gasteiger partial charge in [-0.25, -0.2) is 0 Å². The van der Waals surface area contributed by atoms with Crippen LogP contribution in [-0.2, 0) is 5.60 Å². The van der Waals surface area contributed by atoms with Gasteiger partial charge in [-0.2, -0.15) is 0 Å². The molecule has 0 amide bonds. The molecule has 0 spiro atoms. The number of benzene rings is 1. The highest BCUT2D eigenvalue weighted by Gasteiger charge is 2.40. The fraction of sp³-hybridized carbons (Fsp3) is 0.625. The van der Waals surface area contributed by atoms with Gasteiger partial charge in [0.05, 0.1) is 5.60 Å². The fourth-order valence-corrected chi connectivity index (χ4v) is 4.19. The van der Waals surface area contributed by atoms with Crippen LogP contribution in [0.25, 0.3) is 0 Å². The van der Waals surface area contributed by atoms with E-state index in [1.165, 1.54) is 25.7 Å². The number of hydrogen-bond donors (Lipinski definition) is 1. The second kappa shape index (κ2) is 5.75. The number of hydrogen-bond acceptors (Lipinski definition) is 1. The van der Waals surface area contributed by atoms with Crippen molar-refractivity contribution in [3.63, 3.8) is 0 Å². The Kier molecular flexibility index (Phi) is 4.50. The zero-order valence-corrected chi connectivity index (χ0v) is 12.9. The molecule has 1 fully saturated rings. The second-order valence-electron chi connectivity index (χ2n) is 5.69. The average molecular weight is 311 g/mol. The lowest BCUT2D eigenvalue weighted by atomic mass is 9.67. The Morgan fingerprint density at radius 1 is 1.28 bits per heavy atom. The molecule has 1 nitrogen and oxygen atoms in total. The monoisotopic (exact) mass is 310 g/mol. The standard InChI is InChI=1S/C16H23BrO/c1-3-12-8-4-5-9-13(12)16(2,18)14-10-6-7-11-15(14)17/h6-7,10-13,18H,3-5,8-9H2,1-2H3. The maximum Gasteiger partial charge on any atom is 0.0910 e. The van der Waals surface area contributed by atoms with Crippen LogP contribution in [0.4, 0.5) is 0 Å². The van der Waals surface area contributed by atoms with Crippen LogP contribution < -0.4 is 0 Å². The Bertz CT molecular complexity index is 400. The third-order valence-electron chi connectivity index (χ3n) is 4.57. The van der Waals surface area contributed by atoms with Gasteiger partial charge in [0.25, 0.3) is 0 Å². The molecule has 2 heteroatoms. The van der Waals surface area contributed by atoms with E-state index < -0.39 is 5.60 Å². The van der Waals surface area contributed by atoms with Crippen molar-refractivity contribution in [3.8, 4) is 0 Å². The molecule has 0 heterocycles. The van der Waals surface area contributed by atoms with Crippen LogP contribution in [-0.4, -0.2) is 5.11 Å². The van der Waals surface area contributed by atoms with Gasteiger partial charge in [0.1, 0.15) is 0 Å². The van der Waals surface area contributed by atoms with Gasteiger partial charge in [0.15, 0.2) is 0 Å². The molecule has 3 unspecified atom stereocenters. The molecule has 1 aliphatic rings. The van der Waals surface area contributed by atoms with E-state index in [-0.39, 0.29) is 0 Å². The molecular formula is C16H23BrO. The van der Waals surface area contributed by atoms with Crippen molar-refractivity contribution in [3.05, 3.63) is 34.3 Å². The van der Waals surface area contributed by atoms with Crippen molar-refractivity contribution >= 4 is 15.9 Å². The predicted molar refractivity (Wildman–Crippen MR) is 79.5 cm³/mol. The van der Waals surface area contributed by atoms with Crippen molar-refractivity contribution in [2.75, 3.05) is 0 Å². The topological polar surface area (TPSA) is 20.2 Å². The number of aliphatic hydroxyl groups is 1. The van der Waals surface area contributed by atoms with Gasteiger partial charge >= 0.3 is 0 Å². The zero-order chi connectivity index (χ0) is 13.2. The van der Waals surface area contributed by atoms with Gasteiger partial charge in [0.2, 0.25) is 0 Å². The highest BCUT2D eigenvalue weighted by molar-refractivity contribution is 9.10. The van der Waals surface area contributed by atoms with E-state index in [1.807, 2.05) is 31.2 Å². The summed E-state index contributed by atoms with van der Waals surface area (Å²) in [5.74, 6) is 1.04. The molecule has 0 aromatic heterocycles. The van der Waals surface area contributed by atoms with Crippen molar-refractivity contribution in [2.24, 2.45) is 11.8 Å². The molecule has 0 radical (unpaired) electrons. The van der Waals surface area contributed by atoms with Crippen molar-refractivity contribution in [1.29, 1.82) is 0 Å². The summed E-state index contributed by atoms with van der Waals surface area (Å²) in [5, 5.41) is 11.1.